The van der Waals surface area contributed by atoms with Crippen molar-refractivity contribution in [2.45, 2.75) is 25.7 Å². The number of nitriles is 1. The summed E-state index contributed by atoms with van der Waals surface area (Å²) < 4.78 is 6.73. The molecule has 0 unspecified atom stereocenters. The van der Waals surface area contributed by atoms with Crippen LogP contribution in [0.3, 0.4) is 0 Å². The van der Waals surface area contributed by atoms with Gasteiger partial charge < -0.3 is 10.1 Å². The van der Waals surface area contributed by atoms with Gasteiger partial charge in [0.05, 0.1) is 17.8 Å². The molecule has 2 aliphatic carbocycles. The second-order valence-electron chi connectivity index (χ2n) is 7.20. The average Bonchev–Trinajstić information content (AvgIpc) is 3.42. The summed E-state index contributed by atoms with van der Waals surface area (Å²) in [6.45, 7) is -0.364. The van der Waals surface area contributed by atoms with E-state index in [1.807, 2.05) is 36.4 Å². The average molecular weight is 364 g/mol. The zero-order chi connectivity index (χ0) is 18.8. The molecule has 138 valence electrons. The number of aromatic nitrogens is 2. The van der Waals surface area contributed by atoms with Gasteiger partial charge in [-0.05, 0) is 43.2 Å². The lowest BCUT2D eigenvalue weighted by Crippen LogP contribution is -2.28. The zero-order valence-corrected chi connectivity index (χ0v) is 14.8. The van der Waals surface area contributed by atoms with E-state index in [1.54, 1.807) is 0 Å². The molecular formula is C20H20N4O3. The number of ether oxygens (including phenoxy) is 1. The van der Waals surface area contributed by atoms with Crippen molar-refractivity contribution in [2.24, 2.45) is 17.8 Å². The number of carbonyl (C=O) groups excluding carboxylic acids is 2. The SMILES string of the molecule is N#Cc1cnn(-c2ccccc2)c1NC(=O)COC(=O)[C@@H]1C[C@H]2CC[C@H]1C2. The summed E-state index contributed by atoms with van der Waals surface area (Å²) in [5.41, 5.74) is 0.958. The number of nitrogens with zero attached hydrogens (tertiary/aromatic N) is 3. The largest absolute Gasteiger partial charge is 0.455 e. The molecule has 0 aliphatic heterocycles. The number of para-hydroxylation sites is 1. The first-order valence-electron chi connectivity index (χ1n) is 9.15. The van der Waals surface area contributed by atoms with Crippen LogP contribution in [0.1, 0.15) is 31.2 Å². The first-order valence-corrected chi connectivity index (χ1v) is 9.15. The predicted molar refractivity (Wildman–Crippen MR) is 96.8 cm³/mol. The lowest BCUT2D eigenvalue weighted by atomic mass is 9.89. The smallest absolute Gasteiger partial charge is 0.309 e. The molecule has 1 heterocycles. The van der Waals surface area contributed by atoms with Crippen molar-refractivity contribution in [2.75, 3.05) is 11.9 Å². The molecule has 1 N–H and O–H groups in total. The summed E-state index contributed by atoms with van der Waals surface area (Å²) >= 11 is 0. The Bertz CT molecular complexity index is 900. The van der Waals surface area contributed by atoms with Gasteiger partial charge in [0.25, 0.3) is 5.91 Å². The molecule has 4 rings (SSSR count). The van der Waals surface area contributed by atoms with E-state index in [0.29, 0.717) is 17.5 Å². The maximum absolute atomic E-state index is 12.3. The molecule has 0 radical (unpaired) electrons. The van der Waals surface area contributed by atoms with Gasteiger partial charge in [0.2, 0.25) is 0 Å². The molecule has 1 aromatic carbocycles. The Morgan fingerprint density at radius 1 is 1.26 bits per heavy atom. The van der Waals surface area contributed by atoms with Crippen LogP contribution in [0.2, 0.25) is 0 Å². The van der Waals surface area contributed by atoms with Gasteiger partial charge in [0.1, 0.15) is 11.6 Å². The molecule has 2 fully saturated rings. The molecule has 0 spiro atoms. The molecule has 1 amide bonds. The van der Waals surface area contributed by atoms with Crippen molar-refractivity contribution in [1.29, 1.82) is 5.26 Å². The number of hydrogen-bond acceptors (Lipinski definition) is 5. The monoisotopic (exact) mass is 364 g/mol. The van der Waals surface area contributed by atoms with Crippen molar-refractivity contribution in [3.63, 3.8) is 0 Å². The summed E-state index contributed by atoms with van der Waals surface area (Å²) in [5.74, 6) is 0.482. The maximum atomic E-state index is 12.3. The number of fused-ring (bicyclic) bond motifs is 2. The van der Waals surface area contributed by atoms with Crippen molar-refractivity contribution < 1.29 is 14.3 Å². The van der Waals surface area contributed by atoms with Crippen molar-refractivity contribution in [3.8, 4) is 11.8 Å². The zero-order valence-electron chi connectivity index (χ0n) is 14.8. The standard InChI is InChI=1S/C20H20N4O3/c21-10-15-11-22-24(16-4-2-1-3-5-16)19(15)23-18(25)12-27-20(26)17-9-13-6-7-14(17)8-13/h1-5,11,13-14,17H,6-9,12H2,(H,23,25)/t13-,14-,17+/m0/s1. The van der Waals surface area contributed by atoms with E-state index in [2.05, 4.69) is 10.4 Å². The molecule has 1 aromatic heterocycles. The van der Waals surface area contributed by atoms with Crippen LogP contribution in [0, 0.1) is 29.1 Å². The van der Waals surface area contributed by atoms with Gasteiger partial charge >= 0.3 is 5.97 Å². The van der Waals surface area contributed by atoms with E-state index in [9.17, 15) is 14.9 Å². The van der Waals surface area contributed by atoms with Gasteiger partial charge in [0.15, 0.2) is 12.4 Å². The Hall–Kier alpha value is -3.14. The van der Waals surface area contributed by atoms with E-state index < -0.39 is 5.91 Å². The van der Waals surface area contributed by atoms with Gasteiger partial charge in [-0.25, -0.2) is 4.68 Å². The fraction of sp³-hybridized carbons (Fsp3) is 0.400. The van der Waals surface area contributed by atoms with Gasteiger partial charge in [-0.2, -0.15) is 10.4 Å². The van der Waals surface area contributed by atoms with Gasteiger partial charge in [-0.15, -0.1) is 0 Å². The first-order chi connectivity index (χ1) is 13.2. The molecule has 2 aromatic rings. The summed E-state index contributed by atoms with van der Waals surface area (Å²) in [6, 6.07) is 11.2. The Morgan fingerprint density at radius 2 is 2.07 bits per heavy atom. The minimum absolute atomic E-state index is 0.0685. The number of benzene rings is 1. The lowest BCUT2D eigenvalue weighted by molar-refractivity contribution is -0.153. The van der Waals surface area contributed by atoms with Gasteiger partial charge in [0, 0.05) is 0 Å². The second-order valence-corrected chi connectivity index (χ2v) is 7.20. The molecule has 27 heavy (non-hydrogen) atoms. The number of nitrogens with one attached hydrogen (secondary N) is 1. The highest BCUT2D eigenvalue weighted by Gasteiger charge is 2.44. The van der Waals surface area contributed by atoms with Crippen LogP contribution in [0.25, 0.3) is 5.69 Å². The summed E-state index contributed by atoms with van der Waals surface area (Å²) in [6.07, 6.45) is 5.66. The Morgan fingerprint density at radius 3 is 2.74 bits per heavy atom. The predicted octanol–water partition coefficient (Wildman–Crippen LogP) is 2.66. The van der Waals surface area contributed by atoms with Crippen LogP contribution in [0.4, 0.5) is 5.82 Å². The minimum atomic E-state index is -0.485. The number of anilines is 1. The van der Waals surface area contributed by atoms with Crippen LogP contribution >= 0.6 is 0 Å². The quantitative estimate of drug-likeness (QED) is 0.823. The van der Waals surface area contributed by atoms with E-state index in [0.717, 1.165) is 19.3 Å². The van der Waals surface area contributed by atoms with E-state index in [-0.39, 0.29) is 29.9 Å². The van der Waals surface area contributed by atoms with E-state index in [1.165, 1.54) is 17.3 Å². The van der Waals surface area contributed by atoms with Crippen LogP contribution in [-0.2, 0) is 14.3 Å². The molecule has 0 saturated heterocycles. The van der Waals surface area contributed by atoms with Gasteiger partial charge in [-0.3, -0.25) is 9.59 Å². The third-order valence-electron chi connectivity index (χ3n) is 5.53. The lowest BCUT2D eigenvalue weighted by Gasteiger charge is -2.19. The Kier molecular flexibility index (Phi) is 4.63. The van der Waals surface area contributed by atoms with Crippen LogP contribution in [0.15, 0.2) is 36.5 Å². The topological polar surface area (TPSA) is 97.0 Å². The van der Waals surface area contributed by atoms with Crippen LogP contribution < -0.4 is 5.32 Å². The Labute approximate surface area is 156 Å². The maximum Gasteiger partial charge on any atom is 0.309 e. The second kappa shape index (κ2) is 7.23. The highest BCUT2D eigenvalue weighted by atomic mass is 16.5. The molecule has 7 nitrogen and oxygen atoms in total. The van der Waals surface area contributed by atoms with Crippen molar-refractivity contribution in [3.05, 3.63) is 42.1 Å². The molecule has 2 bridgehead atoms. The number of amides is 1. The Balaban J connectivity index is 1.40. The summed E-state index contributed by atoms with van der Waals surface area (Å²) in [4.78, 5) is 24.6. The van der Waals surface area contributed by atoms with E-state index in [4.69, 9.17) is 4.74 Å². The van der Waals surface area contributed by atoms with Crippen molar-refractivity contribution >= 4 is 17.7 Å². The summed E-state index contributed by atoms with van der Waals surface area (Å²) in [5, 5.41) is 16.1. The first kappa shape index (κ1) is 17.3. The molecular weight excluding hydrogens is 344 g/mol. The molecule has 3 atom stereocenters. The number of rotatable bonds is 5. The van der Waals surface area contributed by atoms with Crippen LogP contribution in [0.5, 0.6) is 0 Å². The third-order valence-corrected chi connectivity index (χ3v) is 5.53. The van der Waals surface area contributed by atoms with Crippen molar-refractivity contribution in [1.82, 2.24) is 9.78 Å². The summed E-state index contributed by atoms with van der Waals surface area (Å²) in [7, 11) is 0. The highest BCUT2D eigenvalue weighted by Crippen LogP contribution is 2.48. The van der Waals surface area contributed by atoms with E-state index >= 15 is 0 Å². The molecule has 2 aliphatic rings. The molecule has 2 saturated carbocycles. The minimum Gasteiger partial charge on any atom is -0.455 e. The third kappa shape index (κ3) is 3.43. The van der Waals surface area contributed by atoms with Crippen LogP contribution in [-0.4, -0.2) is 28.3 Å². The highest BCUT2D eigenvalue weighted by molar-refractivity contribution is 5.93. The fourth-order valence-electron chi connectivity index (χ4n) is 4.26. The normalized spacial score (nSPS) is 23.0. The van der Waals surface area contributed by atoms with Gasteiger partial charge in [-0.1, -0.05) is 24.6 Å². The fourth-order valence-corrected chi connectivity index (χ4v) is 4.26. The number of hydrogen-bond donors (Lipinski definition) is 1. The number of carbonyl (C=O) groups is 2. The number of esters is 1. The molecule has 7 heteroatoms.